The van der Waals surface area contributed by atoms with Crippen molar-refractivity contribution in [2.75, 3.05) is 0 Å². The van der Waals surface area contributed by atoms with Crippen molar-refractivity contribution < 1.29 is 75.4 Å². The SMILES string of the molecule is P.[B].[Co].[Mo].[Ni].[W]. The summed E-state index contributed by atoms with van der Waals surface area (Å²) in [5.74, 6) is 0. The Labute approximate surface area is 92.6 Å². The zero-order chi connectivity index (χ0) is 0. The van der Waals surface area contributed by atoms with Crippen molar-refractivity contribution in [3.05, 3.63) is 0 Å². The van der Waals surface area contributed by atoms with E-state index in [-0.39, 0.29) is 93.7 Å². The molecule has 0 amide bonds. The van der Waals surface area contributed by atoms with Crippen LogP contribution in [0.2, 0.25) is 0 Å². The predicted molar refractivity (Wildman–Crippen MR) is 16.9 cm³/mol. The molecule has 6 heteroatoms. The minimum atomic E-state index is 0. The van der Waals surface area contributed by atoms with Gasteiger partial charge in [-0.2, -0.15) is 9.90 Å². The van der Waals surface area contributed by atoms with E-state index in [4.69, 9.17) is 0 Å². The van der Waals surface area contributed by atoms with Crippen molar-refractivity contribution in [3.8, 4) is 0 Å². The van der Waals surface area contributed by atoms with Crippen LogP contribution in [0.5, 0.6) is 0 Å². The van der Waals surface area contributed by atoms with E-state index < -0.39 is 0 Å². The summed E-state index contributed by atoms with van der Waals surface area (Å²) in [6, 6.07) is 0. The van der Waals surface area contributed by atoms with Crippen LogP contribution in [0, 0.1) is 0 Å². The smallest absolute Gasteiger partial charge is 0 e. The molecule has 0 saturated heterocycles. The Morgan fingerprint density at radius 3 is 1.00 bits per heavy atom. The average Bonchev–Trinajstić information content (AvgIpc) is 0. The van der Waals surface area contributed by atoms with Crippen LogP contribution in [0.1, 0.15) is 0 Å². The molecular formula is H3BCoMoNiPW. The van der Waals surface area contributed by atoms with Crippen molar-refractivity contribution in [2.24, 2.45) is 0 Å². The Balaban J connectivity index is 0. The molecule has 0 aromatic rings. The normalized spacial score (nSPS) is 0. The van der Waals surface area contributed by atoms with E-state index in [1.807, 2.05) is 0 Å². The van der Waals surface area contributed by atoms with Crippen LogP contribution in [0.4, 0.5) is 0 Å². The molecule has 0 aliphatic rings. The third-order valence-electron chi connectivity index (χ3n) is 0. The molecule has 0 nitrogen and oxygen atoms in total. The van der Waals surface area contributed by atoms with Gasteiger partial charge < -0.3 is 0 Å². The molecule has 0 heterocycles. The Morgan fingerprint density at radius 1 is 1.00 bits per heavy atom. The van der Waals surface area contributed by atoms with Gasteiger partial charge in [-0.1, -0.05) is 0 Å². The standard InChI is InChI=1S/B.Co.Mo.Ni.H3P.W/h;;;;1H3;. The number of hydrogen-bond acceptors (Lipinski definition) is 0. The second-order valence-corrected chi connectivity index (χ2v) is 0. The van der Waals surface area contributed by atoms with Gasteiger partial charge in [-0.3, -0.25) is 0 Å². The maximum atomic E-state index is 0. The second kappa shape index (κ2) is 45.1. The summed E-state index contributed by atoms with van der Waals surface area (Å²) in [6.45, 7) is 0. The first-order valence-electron chi connectivity index (χ1n) is 0. The number of rotatable bonds is 0. The van der Waals surface area contributed by atoms with Gasteiger partial charge in [0, 0.05) is 83.8 Å². The van der Waals surface area contributed by atoms with Crippen molar-refractivity contribution in [1.82, 2.24) is 0 Å². The van der Waals surface area contributed by atoms with Crippen molar-refractivity contribution in [1.29, 1.82) is 0 Å². The van der Waals surface area contributed by atoms with Gasteiger partial charge in [0.15, 0.2) is 0 Å². The van der Waals surface area contributed by atoms with Crippen molar-refractivity contribution in [3.63, 3.8) is 0 Å². The summed E-state index contributed by atoms with van der Waals surface area (Å²) >= 11 is 0. The van der Waals surface area contributed by atoms with E-state index in [1.54, 1.807) is 0 Å². The molecule has 1 atom stereocenters. The largest absolute Gasteiger partial charge is 0.153 e. The van der Waals surface area contributed by atoms with E-state index in [0.717, 1.165) is 0 Å². The average molecular weight is 442 g/mol. The zero-order valence-corrected chi connectivity index (χ0v) is 11.1. The van der Waals surface area contributed by atoms with Crippen LogP contribution in [0.15, 0.2) is 0 Å². The minimum absolute atomic E-state index is 0. The minimum Gasteiger partial charge on any atom is -0.153 e. The Kier molecular flexibility index (Phi) is 501. The van der Waals surface area contributed by atoms with Crippen LogP contribution in [-0.2, 0) is 75.4 Å². The molecule has 0 saturated carbocycles. The van der Waals surface area contributed by atoms with Crippen LogP contribution in [0.25, 0.3) is 0 Å². The van der Waals surface area contributed by atoms with Crippen LogP contribution in [-0.4, -0.2) is 8.41 Å². The molecule has 0 N–H and O–H groups in total. The summed E-state index contributed by atoms with van der Waals surface area (Å²) in [5.41, 5.74) is 0. The van der Waals surface area contributed by atoms with Gasteiger partial charge in [0.1, 0.15) is 0 Å². The second-order valence-electron chi connectivity index (χ2n) is 0. The first-order chi connectivity index (χ1) is 0. The molecular weight excluding hydrogens is 439 g/mol. The van der Waals surface area contributed by atoms with E-state index in [1.165, 1.54) is 0 Å². The van der Waals surface area contributed by atoms with Gasteiger partial charge in [-0.25, -0.2) is 0 Å². The van der Waals surface area contributed by atoms with E-state index in [9.17, 15) is 0 Å². The fraction of sp³-hybridized carbons (Fsp3) is 0. The summed E-state index contributed by atoms with van der Waals surface area (Å²) in [6.07, 6.45) is 0. The molecule has 4 radical (unpaired) electrons. The molecule has 0 bridgehead atoms. The Hall–Kier alpha value is 2.87. The Morgan fingerprint density at radius 2 is 1.00 bits per heavy atom. The third-order valence-corrected chi connectivity index (χ3v) is 0. The van der Waals surface area contributed by atoms with Gasteiger partial charge in [0.05, 0.1) is 0 Å². The summed E-state index contributed by atoms with van der Waals surface area (Å²) < 4.78 is 0. The summed E-state index contributed by atoms with van der Waals surface area (Å²) in [5, 5.41) is 0. The fourth-order valence-corrected chi connectivity index (χ4v) is 0. The maximum absolute atomic E-state index is 0. The Bertz CT molecular complexity index is 15.5. The van der Waals surface area contributed by atoms with Gasteiger partial charge in [0.25, 0.3) is 0 Å². The van der Waals surface area contributed by atoms with E-state index in [0.29, 0.717) is 0 Å². The van der Waals surface area contributed by atoms with Crippen LogP contribution >= 0.6 is 9.90 Å². The maximum Gasteiger partial charge on any atom is 0 e. The van der Waals surface area contributed by atoms with Gasteiger partial charge in [-0.15, -0.1) is 0 Å². The molecule has 0 aromatic carbocycles. The predicted octanol–water partition coefficient (Wildman–Crippen LogP) is -0.333. The summed E-state index contributed by atoms with van der Waals surface area (Å²) in [7, 11) is 0. The molecule has 0 aliphatic heterocycles. The van der Waals surface area contributed by atoms with Crippen LogP contribution in [0.3, 0.4) is 0 Å². The fourth-order valence-electron chi connectivity index (χ4n) is 0. The molecule has 0 spiro atoms. The topological polar surface area (TPSA) is 0 Å². The van der Waals surface area contributed by atoms with Gasteiger partial charge >= 0.3 is 0 Å². The third kappa shape index (κ3) is 28.7. The van der Waals surface area contributed by atoms with Crippen LogP contribution < -0.4 is 0 Å². The molecule has 0 aromatic heterocycles. The molecule has 0 aliphatic carbocycles. The van der Waals surface area contributed by atoms with Crippen molar-refractivity contribution >= 4 is 18.3 Å². The van der Waals surface area contributed by atoms with Crippen molar-refractivity contribution in [2.45, 2.75) is 0 Å². The first kappa shape index (κ1) is 66.7. The first-order valence-corrected chi connectivity index (χ1v) is 0. The number of hydrogen-bond donors (Lipinski definition) is 0. The quantitative estimate of drug-likeness (QED) is 0.356. The molecule has 6 heavy (non-hydrogen) atoms. The molecule has 1 unspecified atom stereocenters. The zero-order valence-electron chi connectivity index (χ0n) is 2.75. The monoisotopic (exact) mass is 444 g/mol. The summed E-state index contributed by atoms with van der Waals surface area (Å²) in [4.78, 5) is 0. The van der Waals surface area contributed by atoms with Gasteiger partial charge in [-0.05, 0) is 0 Å². The van der Waals surface area contributed by atoms with E-state index >= 15 is 0 Å². The molecule has 42 valence electrons. The molecule has 0 rings (SSSR count). The van der Waals surface area contributed by atoms with Gasteiger partial charge in [0.2, 0.25) is 0 Å². The molecule has 0 fully saturated rings. The van der Waals surface area contributed by atoms with E-state index in [2.05, 4.69) is 0 Å².